The molecule has 10 fully saturated rings. The zero-order chi connectivity index (χ0) is 57.6. The number of rotatable bonds is 11. The van der Waals surface area contributed by atoms with Crippen LogP contribution in [0.4, 0.5) is 19.2 Å². The van der Waals surface area contributed by atoms with E-state index in [0.29, 0.717) is 55.8 Å². The number of hydrogen-bond donors (Lipinski definition) is 2. The van der Waals surface area contributed by atoms with Crippen LogP contribution in [0.15, 0.2) is 48.5 Å². The summed E-state index contributed by atoms with van der Waals surface area (Å²) in [6, 6.07) is 16.9. The van der Waals surface area contributed by atoms with E-state index in [4.69, 9.17) is 54.9 Å². The SMILES string of the molecule is C.CC(C)(C)OC(=O)N1CC[C@H](COC(=O)Cl)C1.Cc1ccc(C[C@H](N)B2O[C@@H]3C[C@@H]4C[C@@H](C4(C)C)[C@]3(C)O2)cc1.Cc1ccc(C[C@H](NC(=O)OC[C@H]2CCN(C(=O)OC(C)(C)C)C2)B2O[C@@H]3C[C@@H]4C[C@@H](C4(C)C)[C@]3(C)O2)cc1.Cl. The fourth-order valence-corrected chi connectivity index (χ4v) is 14.0. The normalized spacial score (nSPS) is 30.6. The number of nitrogens with two attached hydrogens (primary N) is 1. The van der Waals surface area contributed by atoms with Crippen molar-refractivity contribution < 1.29 is 56.7 Å². The van der Waals surface area contributed by atoms with Gasteiger partial charge in [-0.05, 0) is 166 Å². The fourth-order valence-electron chi connectivity index (χ4n) is 13.9. The van der Waals surface area contributed by atoms with E-state index in [-0.39, 0.29) is 105 Å². The zero-order valence-corrected chi connectivity index (χ0v) is 51.7. The number of likely N-dealkylation sites (tertiary alicyclic amines) is 2. The van der Waals surface area contributed by atoms with Gasteiger partial charge in [-0.2, -0.15) is 0 Å². The number of carbonyl (C=O) groups is 4. The standard InChI is InChI=1S/C30H45BN2O6.C19H28BNO2.C11H18ClNO4.CH4.ClH/c1-19-8-10-20(11-9-19)14-25(31-38-24-16-22-15-23(29(22,5)6)30(24,7)39-31)32-26(34)36-18-21-12-13-33(17-21)27(35)37-28(2,3)4;1-12-5-7-13(8-6-12)9-17(21)20-22-16-11-14-10-15(18(14,2)3)19(16,4)23-20;1-11(2,3)17-10(15)13-5-4-8(6-13)7-16-9(12)14;;/h8-11,21-25H,12-18H2,1-7H3,(H,32,34);5-8,14-17H,9-11,21H2,1-4H3;8H,4-7H2,1-3H3;1H4;1H/t21-,22-,23-,24+,25-,30-;14-,15-,16+,17-,19-;8-;;/m000../s1. The Morgan fingerprint density at radius 3 is 1.49 bits per heavy atom. The molecule has 0 radical (unpaired) electrons. The molecular weight excluding hydrogens is 1070 g/mol. The summed E-state index contributed by atoms with van der Waals surface area (Å²) in [5.74, 6) is 2.20. The molecular formula is C61H96B2Cl2N4O12. The predicted molar refractivity (Wildman–Crippen MR) is 319 cm³/mol. The minimum absolute atomic E-state index is 0. The third-order valence-electron chi connectivity index (χ3n) is 18.8. The van der Waals surface area contributed by atoms with Crippen molar-refractivity contribution in [1.82, 2.24) is 15.1 Å². The van der Waals surface area contributed by atoms with Gasteiger partial charge >= 0.3 is 37.9 Å². The van der Waals surface area contributed by atoms with Crippen LogP contribution in [-0.4, -0.2) is 134 Å². The molecule has 16 nitrogen and oxygen atoms in total. The molecule has 4 aliphatic heterocycles. The Hall–Kier alpha value is -3.77. The number of nitrogens with one attached hydrogen (secondary N) is 1. The Morgan fingerprint density at radius 2 is 1.07 bits per heavy atom. The maximum atomic E-state index is 13.0. The average Bonchev–Trinajstić information content (AvgIpc) is 4.18. The van der Waals surface area contributed by atoms with Gasteiger partial charge in [0, 0.05) is 55.6 Å². The van der Waals surface area contributed by atoms with E-state index in [1.807, 2.05) is 41.5 Å². The van der Waals surface area contributed by atoms with Crippen molar-refractivity contribution in [2.24, 2.45) is 52.1 Å². The molecule has 3 N–H and O–H groups in total. The number of carbonyl (C=O) groups excluding carboxylic acids is 4. The van der Waals surface area contributed by atoms with Crippen LogP contribution in [0.5, 0.6) is 0 Å². The molecule has 12 atom stereocenters. The molecule has 2 aromatic carbocycles. The van der Waals surface area contributed by atoms with E-state index in [2.05, 4.69) is 109 Å². The van der Waals surface area contributed by atoms with E-state index >= 15 is 0 Å². The summed E-state index contributed by atoms with van der Waals surface area (Å²) < 4.78 is 47.1. The monoisotopic (exact) mass is 1170 g/mol. The van der Waals surface area contributed by atoms with Crippen LogP contribution in [0.3, 0.4) is 0 Å². The van der Waals surface area contributed by atoms with Gasteiger partial charge in [0.15, 0.2) is 0 Å². The third kappa shape index (κ3) is 15.6. The lowest BCUT2D eigenvalue weighted by Gasteiger charge is -2.64. The van der Waals surface area contributed by atoms with E-state index < -0.39 is 29.8 Å². The van der Waals surface area contributed by atoms with Crippen LogP contribution in [-0.2, 0) is 50.4 Å². The van der Waals surface area contributed by atoms with Crippen LogP contribution in [0.1, 0.15) is 151 Å². The van der Waals surface area contributed by atoms with Gasteiger partial charge in [-0.25, -0.2) is 19.2 Å². The maximum absolute atomic E-state index is 13.0. The third-order valence-corrected chi connectivity index (χ3v) is 19.0. The Bertz CT molecular complexity index is 2480. The number of halogens is 2. The first-order chi connectivity index (χ1) is 36.8. The van der Waals surface area contributed by atoms with Crippen LogP contribution in [0, 0.1) is 60.2 Å². The molecule has 10 aliphatic rings. The highest BCUT2D eigenvalue weighted by atomic mass is 35.5. The molecule has 6 aliphatic carbocycles. The molecule has 2 aromatic rings. The Kier molecular flexibility index (Phi) is 21.2. The average molecular weight is 1170 g/mol. The lowest BCUT2D eigenvalue weighted by molar-refractivity contribution is -0.199. The van der Waals surface area contributed by atoms with Crippen molar-refractivity contribution in [2.45, 2.75) is 202 Å². The first-order valence-corrected chi connectivity index (χ1v) is 29.5. The molecule has 6 saturated carbocycles. The largest absolute Gasteiger partial charge is 0.482 e. The molecule has 0 aromatic heterocycles. The molecule has 452 valence electrons. The van der Waals surface area contributed by atoms with Gasteiger partial charge < -0.3 is 58.4 Å². The first-order valence-electron chi connectivity index (χ1n) is 29.1. The molecule has 0 spiro atoms. The lowest BCUT2D eigenvalue weighted by atomic mass is 9.43. The predicted octanol–water partition coefficient (Wildman–Crippen LogP) is 12.0. The van der Waals surface area contributed by atoms with Crippen LogP contribution in [0.25, 0.3) is 0 Å². The molecule has 81 heavy (non-hydrogen) atoms. The minimum atomic E-state index is -0.805. The van der Waals surface area contributed by atoms with Crippen molar-refractivity contribution in [3.05, 3.63) is 70.8 Å². The van der Waals surface area contributed by atoms with E-state index in [9.17, 15) is 19.2 Å². The van der Waals surface area contributed by atoms with Gasteiger partial charge in [-0.1, -0.05) is 94.8 Å². The number of ether oxygens (including phenoxy) is 4. The summed E-state index contributed by atoms with van der Waals surface area (Å²) in [4.78, 5) is 50.9. The van der Waals surface area contributed by atoms with Gasteiger partial charge in [0.1, 0.15) is 11.2 Å². The summed E-state index contributed by atoms with van der Waals surface area (Å²) in [7, 11) is -0.820. The van der Waals surface area contributed by atoms with Crippen LogP contribution < -0.4 is 11.1 Å². The molecule has 4 saturated heterocycles. The number of amides is 3. The highest BCUT2D eigenvalue weighted by molar-refractivity contribution is 6.61. The van der Waals surface area contributed by atoms with Gasteiger partial charge in [0.05, 0.1) is 42.6 Å². The van der Waals surface area contributed by atoms with E-state index in [0.717, 1.165) is 43.6 Å². The van der Waals surface area contributed by atoms with Crippen molar-refractivity contribution in [3.8, 4) is 0 Å². The summed E-state index contributed by atoms with van der Waals surface area (Å²) in [6.45, 7) is 31.9. The summed E-state index contributed by atoms with van der Waals surface area (Å²) in [5, 5.41) is 3.07. The first kappa shape index (κ1) is 66.4. The van der Waals surface area contributed by atoms with Gasteiger partial charge in [-0.15, -0.1) is 12.4 Å². The Labute approximate surface area is 496 Å². The number of benzene rings is 2. The van der Waals surface area contributed by atoms with Crippen molar-refractivity contribution in [1.29, 1.82) is 0 Å². The van der Waals surface area contributed by atoms with Gasteiger partial charge in [0.25, 0.3) is 0 Å². The molecule has 20 heteroatoms. The van der Waals surface area contributed by atoms with E-state index in [1.165, 1.54) is 29.5 Å². The highest BCUT2D eigenvalue weighted by Crippen LogP contribution is 2.67. The van der Waals surface area contributed by atoms with Gasteiger partial charge in [-0.3, -0.25) is 0 Å². The second kappa shape index (κ2) is 25.8. The summed E-state index contributed by atoms with van der Waals surface area (Å²) in [6.07, 6.45) is 6.64. The van der Waals surface area contributed by atoms with Crippen LogP contribution >= 0.6 is 24.0 Å². The molecule has 3 amide bonds. The molecule has 0 unspecified atom stereocenters. The number of hydrogen-bond acceptors (Lipinski definition) is 13. The van der Waals surface area contributed by atoms with Crippen LogP contribution in [0.2, 0.25) is 0 Å². The highest BCUT2D eigenvalue weighted by Gasteiger charge is 2.70. The topological polar surface area (TPSA) is 187 Å². The fraction of sp³-hybridized carbons (Fsp3) is 0.738. The van der Waals surface area contributed by atoms with Crippen molar-refractivity contribution >= 4 is 62.0 Å². The number of aryl methyl sites for hydroxylation is 2. The van der Waals surface area contributed by atoms with Crippen molar-refractivity contribution in [2.75, 3.05) is 39.4 Å². The summed E-state index contributed by atoms with van der Waals surface area (Å²) >= 11 is 5.08. The maximum Gasteiger partial charge on any atom is 0.482 e. The lowest BCUT2D eigenvalue weighted by Crippen LogP contribution is -2.65. The van der Waals surface area contributed by atoms with E-state index in [1.54, 1.807) is 9.80 Å². The molecule has 4 bridgehead atoms. The molecule has 4 heterocycles. The Balaban J connectivity index is 0.000000213. The second-order valence-corrected chi connectivity index (χ2v) is 28.1. The quantitative estimate of drug-likeness (QED) is 0.123. The van der Waals surface area contributed by atoms with Gasteiger partial charge in [0.2, 0.25) is 0 Å². The smallest absolute Gasteiger partial charge is 0.453 e. The zero-order valence-electron chi connectivity index (χ0n) is 50.1. The minimum Gasteiger partial charge on any atom is -0.453 e. The van der Waals surface area contributed by atoms with Crippen molar-refractivity contribution in [3.63, 3.8) is 0 Å². The summed E-state index contributed by atoms with van der Waals surface area (Å²) in [5.41, 5.74) is 9.54. The number of nitrogens with zero attached hydrogens (tertiary/aromatic N) is 2. The number of alkyl carbamates (subject to hydrolysis) is 1. The molecule has 12 rings (SSSR count). The Morgan fingerprint density at radius 1 is 0.667 bits per heavy atom. The second-order valence-electron chi connectivity index (χ2n) is 27.8.